The monoisotopic (exact) mass is 268 g/mol. The zero-order chi connectivity index (χ0) is 8.69. The highest BCUT2D eigenvalue weighted by molar-refractivity contribution is 14.1. The van der Waals surface area contributed by atoms with Gasteiger partial charge in [0.05, 0.1) is 3.92 Å². The number of unbranched alkanes of at least 4 members (excludes halogenated alkanes) is 3. The summed E-state index contributed by atoms with van der Waals surface area (Å²) in [6.45, 7) is 3.88. The van der Waals surface area contributed by atoms with Crippen molar-refractivity contribution >= 4 is 28.4 Å². The van der Waals surface area contributed by atoms with Crippen molar-refractivity contribution in [1.82, 2.24) is 0 Å². The molecule has 0 aromatic rings. The minimum atomic E-state index is 0.254. The van der Waals surface area contributed by atoms with Crippen molar-refractivity contribution in [2.75, 3.05) is 0 Å². The van der Waals surface area contributed by atoms with Crippen LogP contribution in [0, 0.1) is 0 Å². The summed E-state index contributed by atoms with van der Waals surface area (Å²) in [7, 11) is 0. The zero-order valence-electron chi connectivity index (χ0n) is 7.40. The molecule has 0 saturated carbocycles. The summed E-state index contributed by atoms with van der Waals surface area (Å²) in [5, 5.41) is 0. The van der Waals surface area contributed by atoms with E-state index in [4.69, 9.17) is 0 Å². The summed E-state index contributed by atoms with van der Waals surface area (Å²) in [6.07, 6.45) is 6.13. The molecule has 0 aromatic carbocycles. The van der Waals surface area contributed by atoms with Gasteiger partial charge in [0.1, 0.15) is 5.78 Å². The smallest absolute Gasteiger partial charge is 0.142 e. The Kier molecular flexibility index (Phi) is 7.33. The average molecular weight is 268 g/mol. The van der Waals surface area contributed by atoms with Crippen LogP contribution >= 0.6 is 22.6 Å². The van der Waals surface area contributed by atoms with E-state index in [1.165, 1.54) is 25.7 Å². The summed E-state index contributed by atoms with van der Waals surface area (Å²) in [5.41, 5.74) is 0. The lowest BCUT2D eigenvalue weighted by atomic mass is 10.1. The largest absolute Gasteiger partial charge is 0.299 e. The van der Waals surface area contributed by atoms with Crippen LogP contribution in [0.15, 0.2) is 0 Å². The van der Waals surface area contributed by atoms with E-state index in [2.05, 4.69) is 29.5 Å². The van der Waals surface area contributed by atoms with Crippen LogP contribution in [0.2, 0.25) is 0 Å². The number of hydrogen-bond acceptors (Lipinski definition) is 1. The van der Waals surface area contributed by atoms with E-state index >= 15 is 0 Å². The van der Waals surface area contributed by atoms with Gasteiger partial charge in [-0.2, -0.15) is 0 Å². The van der Waals surface area contributed by atoms with Gasteiger partial charge in [-0.1, -0.05) is 55.2 Å². The highest BCUT2D eigenvalue weighted by Crippen LogP contribution is 2.12. The first-order chi connectivity index (χ1) is 5.18. The third-order valence-electron chi connectivity index (χ3n) is 1.75. The molecule has 0 N–H and O–H groups in total. The Morgan fingerprint density at radius 2 is 2.00 bits per heavy atom. The minimum Gasteiger partial charge on any atom is -0.299 e. The maximum absolute atomic E-state index is 10.8. The number of alkyl halides is 1. The summed E-state index contributed by atoms with van der Waals surface area (Å²) >= 11 is 2.23. The molecule has 1 atom stereocenters. The van der Waals surface area contributed by atoms with Gasteiger partial charge in [0.2, 0.25) is 0 Å². The predicted octanol–water partition coefficient (Wildman–Crippen LogP) is 3.35. The van der Waals surface area contributed by atoms with E-state index in [1.54, 1.807) is 6.92 Å². The Balaban J connectivity index is 3.17. The molecule has 0 saturated heterocycles. The van der Waals surface area contributed by atoms with E-state index in [0.717, 1.165) is 6.42 Å². The van der Waals surface area contributed by atoms with Gasteiger partial charge in [-0.25, -0.2) is 0 Å². The maximum atomic E-state index is 10.8. The van der Waals surface area contributed by atoms with Gasteiger partial charge < -0.3 is 0 Å². The third-order valence-corrected chi connectivity index (χ3v) is 3.25. The van der Waals surface area contributed by atoms with E-state index in [-0.39, 0.29) is 3.92 Å². The van der Waals surface area contributed by atoms with Crippen molar-refractivity contribution in [3.8, 4) is 0 Å². The molecule has 0 amide bonds. The van der Waals surface area contributed by atoms with E-state index in [1.807, 2.05) is 0 Å². The molecule has 0 aliphatic carbocycles. The lowest BCUT2D eigenvalue weighted by molar-refractivity contribution is -0.116. The first-order valence-corrected chi connectivity index (χ1v) is 5.57. The van der Waals surface area contributed by atoms with Gasteiger partial charge in [-0.15, -0.1) is 0 Å². The molecule has 0 aromatic heterocycles. The summed E-state index contributed by atoms with van der Waals surface area (Å²) in [4.78, 5) is 10.8. The first kappa shape index (κ1) is 11.4. The van der Waals surface area contributed by atoms with Crippen LogP contribution in [0.1, 0.15) is 46.0 Å². The molecule has 2 heteroatoms. The molecule has 1 nitrogen and oxygen atoms in total. The van der Waals surface area contributed by atoms with E-state index in [9.17, 15) is 4.79 Å². The second kappa shape index (κ2) is 7.07. The fourth-order valence-corrected chi connectivity index (χ4v) is 1.39. The fraction of sp³-hybridized carbons (Fsp3) is 0.889. The van der Waals surface area contributed by atoms with Crippen molar-refractivity contribution in [3.63, 3.8) is 0 Å². The van der Waals surface area contributed by atoms with Crippen LogP contribution < -0.4 is 0 Å². The average Bonchev–Trinajstić information content (AvgIpc) is 1.97. The highest BCUT2D eigenvalue weighted by atomic mass is 127. The number of ketones is 1. The topological polar surface area (TPSA) is 17.1 Å². The minimum absolute atomic E-state index is 0.254. The molecule has 0 fully saturated rings. The lowest BCUT2D eigenvalue weighted by Crippen LogP contribution is -2.08. The van der Waals surface area contributed by atoms with Crippen LogP contribution in [0.5, 0.6) is 0 Å². The Morgan fingerprint density at radius 3 is 2.45 bits per heavy atom. The summed E-state index contributed by atoms with van der Waals surface area (Å²) < 4.78 is 0.254. The number of halogens is 1. The molecular weight excluding hydrogens is 251 g/mol. The predicted molar refractivity (Wildman–Crippen MR) is 57.2 cm³/mol. The molecule has 0 radical (unpaired) electrons. The number of carbonyl (C=O) groups is 1. The molecule has 0 rings (SSSR count). The summed E-state index contributed by atoms with van der Waals surface area (Å²) in [6, 6.07) is 0. The second-order valence-electron chi connectivity index (χ2n) is 2.93. The van der Waals surface area contributed by atoms with Crippen molar-refractivity contribution in [1.29, 1.82) is 0 Å². The highest BCUT2D eigenvalue weighted by Gasteiger charge is 2.07. The van der Waals surface area contributed by atoms with Crippen molar-refractivity contribution in [3.05, 3.63) is 0 Å². The van der Waals surface area contributed by atoms with Crippen molar-refractivity contribution < 1.29 is 4.79 Å². The number of Topliss-reactive ketones (excluding diaryl/α,β-unsaturated/α-hetero) is 1. The molecule has 0 aliphatic heterocycles. The SMILES string of the molecule is CCCCCCC(I)C(C)=O. The van der Waals surface area contributed by atoms with Gasteiger partial charge in [-0.3, -0.25) is 4.79 Å². The molecule has 11 heavy (non-hydrogen) atoms. The second-order valence-corrected chi connectivity index (χ2v) is 4.43. The number of hydrogen-bond donors (Lipinski definition) is 0. The van der Waals surface area contributed by atoms with Gasteiger partial charge >= 0.3 is 0 Å². The Labute approximate surface area is 83.1 Å². The zero-order valence-corrected chi connectivity index (χ0v) is 9.56. The van der Waals surface area contributed by atoms with Crippen molar-refractivity contribution in [2.45, 2.75) is 49.9 Å². The molecule has 0 bridgehead atoms. The normalized spacial score (nSPS) is 13.0. The van der Waals surface area contributed by atoms with Gasteiger partial charge in [-0.05, 0) is 13.3 Å². The van der Waals surface area contributed by atoms with Crippen LogP contribution in [0.4, 0.5) is 0 Å². The third kappa shape index (κ3) is 6.78. The Hall–Kier alpha value is 0.400. The van der Waals surface area contributed by atoms with E-state index < -0.39 is 0 Å². The van der Waals surface area contributed by atoms with Crippen LogP contribution in [0.25, 0.3) is 0 Å². The number of rotatable bonds is 6. The molecule has 0 heterocycles. The van der Waals surface area contributed by atoms with E-state index in [0.29, 0.717) is 5.78 Å². The van der Waals surface area contributed by atoms with Crippen LogP contribution in [-0.2, 0) is 4.79 Å². The summed E-state index contributed by atoms with van der Waals surface area (Å²) in [5.74, 6) is 0.321. The molecule has 1 unspecified atom stereocenters. The van der Waals surface area contributed by atoms with Gasteiger partial charge in [0.15, 0.2) is 0 Å². The fourth-order valence-electron chi connectivity index (χ4n) is 0.954. The Bertz CT molecular complexity index is 112. The molecule has 66 valence electrons. The molecular formula is C9H17IO. The maximum Gasteiger partial charge on any atom is 0.142 e. The lowest BCUT2D eigenvalue weighted by Gasteiger charge is -2.03. The van der Waals surface area contributed by atoms with Gasteiger partial charge in [0.25, 0.3) is 0 Å². The first-order valence-electron chi connectivity index (χ1n) is 4.33. The van der Waals surface area contributed by atoms with Gasteiger partial charge in [0, 0.05) is 0 Å². The van der Waals surface area contributed by atoms with Crippen molar-refractivity contribution in [2.24, 2.45) is 0 Å². The standard InChI is InChI=1S/C9H17IO/c1-3-4-5-6-7-9(10)8(2)11/h9H,3-7H2,1-2H3. The molecule has 0 aliphatic rings. The molecule has 0 spiro atoms. The van der Waals surface area contributed by atoms with Crippen LogP contribution in [-0.4, -0.2) is 9.71 Å². The number of carbonyl (C=O) groups excluding carboxylic acids is 1. The quantitative estimate of drug-likeness (QED) is 0.410. The Morgan fingerprint density at radius 1 is 1.36 bits per heavy atom. The van der Waals surface area contributed by atoms with Crippen LogP contribution in [0.3, 0.4) is 0 Å².